The van der Waals surface area contributed by atoms with Crippen molar-refractivity contribution in [3.8, 4) is 0 Å². The Hall–Kier alpha value is -2.84. The highest BCUT2D eigenvalue weighted by molar-refractivity contribution is 6.39. The minimum atomic E-state index is -0.533. The molecule has 0 aliphatic heterocycles. The molecule has 0 aliphatic carbocycles. The first-order valence-electron chi connectivity index (χ1n) is 7.45. The first-order chi connectivity index (χ1) is 12.4. The van der Waals surface area contributed by atoms with Crippen molar-refractivity contribution in [2.75, 3.05) is 23.8 Å². The van der Waals surface area contributed by atoms with Crippen molar-refractivity contribution < 1.29 is 9.72 Å². The quantitative estimate of drug-likeness (QED) is 0.527. The monoisotopic (exact) mass is 393 g/mol. The maximum Gasteiger partial charge on any atom is 0.372 e. The van der Waals surface area contributed by atoms with Gasteiger partial charge >= 0.3 is 5.82 Å². The fourth-order valence-corrected chi connectivity index (χ4v) is 2.97. The lowest BCUT2D eigenvalue weighted by atomic mass is 10.3. The Balaban J connectivity index is 1.85. The number of amides is 1. The van der Waals surface area contributed by atoms with Crippen LogP contribution in [-0.4, -0.2) is 33.8 Å². The molecule has 8 nitrogen and oxygen atoms in total. The molecule has 0 saturated carbocycles. The summed E-state index contributed by atoms with van der Waals surface area (Å²) in [5.74, 6) is -0.567. The smallest absolute Gasteiger partial charge is 0.358 e. The molecule has 26 heavy (non-hydrogen) atoms. The third kappa shape index (κ3) is 3.42. The Labute approximate surface area is 158 Å². The number of benzene rings is 1. The summed E-state index contributed by atoms with van der Waals surface area (Å²) < 4.78 is 1.36. The van der Waals surface area contributed by atoms with Gasteiger partial charge in [-0.1, -0.05) is 35.3 Å². The van der Waals surface area contributed by atoms with E-state index >= 15 is 0 Å². The van der Waals surface area contributed by atoms with E-state index in [2.05, 4.69) is 10.3 Å². The van der Waals surface area contributed by atoms with Crippen LogP contribution < -0.4 is 10.2 Å². The van der Waals surface area contributed by atoms with Crippen molar-refractivity contribution >= 4 is 52.1 Å². The molecular weight excluding hydrogens is 381 g/mol. The average Bonchev–Trinajstić information content (AvgIpc) is 2.98. The number of carbonyl (C=O) groups excluding carboxylic acids is 1. The van der Waals surface area contributed by atoms with E-state index in [0.717, 1.165) is 0 Å². The topological polar surface area (TPSA) is 92.8 Å². The van der Waals surface area contributed by atoms with Crippen molar-refractivity contribution in [2.24, 2.45) is 0 Å². The summed E-state index contributed by atoms with van der Waals surface area (Å²) in [6.07, 6.45) is 1.54. The van der Waals surface area contributed by atoms with Crippen molar-refractivity contribution in [2.45, 2.75) is 0 Å². The molecule has 2 heterocycles. The van der Waals surface area contributed by atoms with E-state index in [0.29, 0.717) is 21.4 Å². The molecule has 1 N–H and O–H groups in total. The number of imidazole rings is 1. The van der Waals surface area contributed by atoms with Crippen molar-refractivity contribution in [1.82, 2.24) is 9.38 Å². The third-order valence-corrected chi connectivity index (χ3v) is 4.26. The van der Waals surface area contributed by atoms with Gasteiger partial charge < -0.3 is 20.3 Å². The van der Waals surface area contributed by atoms with Crippen LogP contribution in [-0.2, 0) is 4.79 Å². The second-order valence-corrected chi connectivity index (χ2v) is 6.26. The van der Waals surface area contributed by atoms with Crippen LogP contribution in [0.4, 0.5) is 17.3 Å². The molecule has 0 aliphatic rings. The van der Waals surface area contributed by atoms with E-state index in [4.69, 9.17) is 23.2 Å². The van der Waals surface area contributed by atoms with E-state index in [1.165, 1.54) is 9.30 Å². The first-order valence-corrected chi connectivity index (χ1v) is 8.20. The number of nitrogens with one attached hydrogen (secondary N) is 1. The predicted molar refractivity (Wildman–Crippen MR) is 100 cm³/mol. The van der Waals surface area contributed by atoms with Crippen LogP contribution >= 0.6 is 23.2 Å². The van der Waals surface area contributed by atoms with E-state index in [-0.39, 0.29) is 18.2 Å². The summed E-state index contributed by atoms with van der Waals surface area (Å²) in [7, 11) is 1.54. The highest BCUT2D eigenvalue weighted by Gasteiger charge is 2.26. The van der Waals surface area contributed by atoms with Gasteiger partial charge in [0.25, 0.3) is 0 Å². The zero-order valence-corrected chi connectivity index (χ0v) is 15.0. The van der Waals surface area contributed by atoms with Gasteiger partial charge in [0.2, 0.25) is 17.4 Å². The summed E-state index contributed by atoms with van der Waals surface area (Å²) in [6, 6.07) is 9.89. The number of halogens is 2. The fourth-order valence-electron chi connectivity index (χ4n) is 2.48. The number of fused-ring (bicyclic) bond motifs is 1. The van der Waals surface area contributed by atoms with Gasteiger partial charge in [-0.2, -0.15) is 9.38 Å². The molecule has 2 aromatic heterocycles. The number of pyridine rings is 1. The Morgan fingerprint density at radius 3 is 2.62 bits per heavy atom. The lowest BCUT2D eigenvalue weighted by molar-refractivity contribution is -0.389. The summed E-state index contributed by atoms with van der Waals surface area (Å²) in [5, 5.41) is 14.7. The molecule has 10 heteroatoms. The fraction of sp³-hybridized carbons (Fsp3) is 0.125. The number of anilines is 2. The molecule has 3 rings (SSSR count). The summed E-state index contributed by atoms with van der Waals surface area (Å²) in [5.41, 5.74) is 0.703. The van der Waals surface area contributed by atoms with Crippen molar-refractivity contribution in [1.29, 1.82) is 0 Å². The van der Waals surface area contributed by atoms with Gasteiger partial charge in [0.1, 0.15) is 0 Å². The molecule has 0 spiro atoms. The van der Waals surface area contributed by atoms with Gasteiger partial charge in [0, 0.05) is 13.1 Å². The number of rotatable bonds is 5. The van der Waals surface area contributed by atoms with Crippen LogP contribution in [0.2, 0.25) is 10.0 Å². The van der Waals surface area contributed by atoms with Crippen LogP contribution in [0.25, 0.3) is 5.65 Å². The molecule has 1 amide bonds. The zero-order chi connectivity index (χ0) is 18.8. The molecule has 1 aromatic carbocycles. The molecule has 0 saturated heterocycles. The number of hydrogen-bond donors (Lipinski definition) is 1. The van der Waals surface area contributed by atoms with Crippen LogP contribution in [0, 0.1) is 10.1 Å². The van der Waals surface area contributed by atoms with Gasteiger partial charge in [0.05, 0.1) is 28.5 Å². The van der Waals surface area contributed by atoms with Gasteiger partial charge in [-0.15, -0.1) is 0 Å². The van der Waals surface area contributed by atoms with Crippen LogP contribution in [0.1, 0.15) is 0 Å². The van der Waals surface area contributed by atoms with Crippen LogP contribution in [0.3, 0.4) is 0 Å². The van der Waals surface area contributed by atoms with Gasteiger partial charge in [-0.3, -0.25) is 4.79 Å². The standard InChI is InChI=1S/C16H13Cl2N5O3/c1-21(9-13(24)20-14-10(17)5-4-6-11(14)18)15-16(23(25)26)22-8-3-2-7-12(22)19-15/h2-8H,9H2,1H3,(H,20,24). The molecule has 0 atom stereocenters. The number of likely N-dealkylation sites (N-methyl/N-ethyl adjacent to an activating group) is 1. The number of nitrogens with zero attached hydrogens (tertiary/aromatic N) is 4. The number of aromatic nitrogens is 2. The molecule has 134 valence electrons. The Bertz CT molecular complexity index is 984. The summed E-state index contributed by atoms with van der Waals surface area (Å²) in [6.45, 7) is -0.174. The maximum atomic E-state index is 12.3. The average molecular weight is 394 g/mol. The van der Waals surface area contributed by atoms with E-state index in [1.807, 2.05) is 0 Å². The first kappa shape index (κ1) is 18.0. The largest absolute Gasteiger partial charge is 0.372 e. The van der Waals surface area contributed by atoms with Crippen molar-refractivity contribution in [3.05, 3.63) is 62.8 Å². The Morgan fingerprint density at radius 2 is 1.96 bits per heavy atom. The second kappa shape index (κ2) is 7.19. The minimum absolute atomic E-state index is 0.0848. The van der Waals surface area contributed by atoms with Gasteiger partial charge in [0.15, 0.2) is 0 Å². The normalized spacial score (nSPS) is 10.7. The molecule has 0 radical (unpaired) electrons. The van der Waals surface area contributed by atoms with Crippen LogP contribution in [0.5, 0.6) is 0 Å². The molecule has 3 aromatic rings. The molecule has 0 fully saturated rings. The summed E-state index contributed by atoms with van der Waals surface area (Å²) in [4.78, 5) is 28.9. The lowest BCUT2D eigenvalue weighted by Crippen LogP contribution is -2.30. The van der Waals surface area contributed by atoms with Gasteiger partial charge in [-0.25, -0.2) is 0 Å². The Kier molecular flexibility index (Phi) is 4.97. The van der Waals surface area contributed by atoms with E-state index in [1.54, 1.807) is 49.6 Å². The Morgan fingerprint density at radius 1 is 1.27 bits per heavy atom. The minimum Gasteiger partial charge on any atom is -0.358 e. The predicted octanol–water partition coefficient (Wildman–Crippen LogP) is 3.62. The highest BCUT2D eigenvalue weighted by Crippen LogP contribution is 2.30. The van der Waals surface area contributed by atoms with E-state index in [9.17, 15) is 14.9 Å². The molecular formula is C16H13Cl2N5O3. The summed E-state index contributed by atoms with van der Waals surface area (Å²) >= 11 is 12.1. The van der Waals surface area contributed by atoms with E-state index < -0.39 is 10.8 Å². The number of carbonyl (C=O) groups is 1. The highest BCUT2D eigenvalue weighted by atomic mass is 35.5. The number of para-hydroxylation sites is 1. The van der Waals surface area contributed by atoms with Crippen LogP contribution in [0.15, 0.2) is 42.6 Å². The SMILES string of the molecule is CN(CC(=O)Nc1c(Cl)cccc1Cl)c1nc2ccccn2c1[N+](=O)[O-]. The molecule has 0 unspecified atom stereocenters. The molecule has 0 bridgehead atoms. The maximum absolute atomic E-state index is 12.3. The van der Waals surface area contributed by atoms with Crippen molar-refractivity contribution in [3.63, 3.8) is 0 Å². The number of hydrogen-bond acceptors (Lipinski definition) is 5. The second-order valence-electron chi connectivity index (χ2n) is 5.45. The third-order valence-electron chi connectivity index (χ3n) is 3.63. The number of nitro groups is 1. The lowest BCUT2D eigenvalue weighted by Gasteiger charge is -2.16. The zero-order valence-electron chi connectivity index (χ0n) is 13.5. The van der Waals surface area contributed by atoms with Gasteiger partial charge in [-0.05, 0) is 23.1 Å².